The van der Waals surface area contributed by atoms with E-state index in [0.29, 0.717) is 6.61 Å². The Morgan fingerprint density at radius 1 is 1.57 bits per heavy atom. The molecule has 0 fully saturated rings. The average Bonchev–Trinajstić information content (AvgIpc) is 2.84. The number of methoxy groups -OCH3 is 1. The number of rotatable bonds is 8. The van der Waals surface area contributed by atoms with Gasteiger partial charge in [-0.1, -0.05) is 13.0 Å². The fourth-order valence-electron chi connectivity index (χ4n) is 2.70. The molecule has 1 aromatic rings. The molecule has 0 amide bonds. The van der Waals surface area contributed by atoms with Crippen molar-refractivity contribution in [3.63, 3.8) is 0 Å². The van der Waals surface area contributed by atoms with Gasteiger partial charge in [-0.05, 0) is 24.6 Å². The van der Waals surface area contributed by atoms with Crippen LogP contribution in [0.25, 0.3) is 0 Å². The highest BCUT2D eigenvalue weighted by Crippen LogP contribution is 2.35. The van der Waals surface area contributed by atoms with Crippen molar-refractivity contribution in [3.8, 4) is 5.75 Å². The van der Waals surface area contributed by atoms with Crippen LogP contribution in [-0.2, 0) is 11.2 Å². The van der Waals surface area contributed by atoms with E-state index in [1.807, 2.05) is 6.08 Å². The first-order valence-electron chi connectivity index (χ1n) is 7.34. The topological polar surface area (TPSA) is 30.5 Å². The lowest BCUT2D eigenvalue weighted by molar-refractivity contribution is 0.163. The summed E-state index contributed by atoms with van der Waals surface area (Å²) in [5.74, 6) is 0.603. The van der Waals surface area contributed by atoms with Crippen LogP contribution >= 0.6 is 0 Å². The van der Waals surface area contributed by atoms with Gasteiger partial charge in [0.25, 0.3) is 0 Å². The molecule has 21 heavy (non-hydrogen) atoms. The van der Waals surface area contributed by atoms with Crippen molar-refractivity contribution in [2.75, 3.05) is 26.8 Å². The summed E-state index contributed by atoms with van der Waals surface area (Å²) >= 11 is 0. The Kier molecular flexibility index (Phi) is 5.37. The van der Waals surface area contributed by atoms with E-state index in [1.54, 1.807) is 19.2 Å². The summed E-state index contributed by atoms with van der Waals surface area (Å²) in [6, 6.07) is 4.73. The zero-order valence-corrected chi connectivity index (χ0v) is 12.8. The van der Waals surface area contributed by atoms with Gasteiger partial charge in [-0.2, -0.15) is 0 Å². The van der Waals surface area contributed by atoms with Crippen molar-refractivity contribution >= 4 is 0 Å². The molecule has 0 saturated carbocycles. The largest absolute Gasteiger partial charge is 0.490 e. The predicted molar refractivity (Wildman–Crippen MR) is 82.2 cm³/mol. The molecule has 3 nitrogen and oxygen atoms in total. The standard InChI is InChI=1S/C17H24FNO2/c1-4-17(2,12-19-7-8-20-3)11-15-10-13-9-14(18)5-6-16(13)21-15/h4-6,9,15,19H,1,7-8,10-12H2,2-3H3. The molecule has 2 atom stereocenters. The normalized spacial score (nSPS) is 19.7. The minimum atomic E-state index is -0.203. The summed E-state index contributed by atoms with van der Waals surface area (Å²) in [6.07, 6.45) is 3.66. The van der Waals surface area contributed by atoms with Gasteiger partial charge in [-0.3, -0.25) is 0 Å². The summed E-state index contributed by atoms with van der Waals surface area (Å²) in [5.41, 5.74) is 0.901. The van der Waals surface area contributed by atoms with Gasteiger partial charge < -0.3 is 14.8 Å². The first-order chi connectivity index (χ1) is 10.1. The fraction of sp³-hybridized carbons (Fsp3) is 0.529. The lowest BCUT2D eigenvalue weighted by atomic mass is 9.83. The highest BCUT2D eigenvalue weighted by Gasteiger charge is 2.30. The SMILES string of the molecule is C=CC(C)(CNCCOC)CC1Cc2cc(F)ccc2O1. The predicted octanol–water partition coefficient (Wildman–Crippen LogP) is 2.95. The smallest absolute Gasteiger partial charge is 0.123 e. The number of halogens is 1. The molecule has 0 radical (unpaired) electrons. The maximum absolute atomic E-state index is 13.2. The van der Waals surface area contributed by atoms with Crippen LogP contribution < -0.4 is 10.1 Å². The Hall–Kier alpha value is -1.39. The zero-order valence-electron chi connectivity index (χ0n) is 12.8. The summed E-state index contributed by atoms with van der Waals surface area (Å²) in [7, 11) is 1.69. The molecular formula is C17H24FNO2. The van der Waals surface area contributed by atoms with Crippen molar-refractivity contribution in [1.82, 2.24) is 5.32 Å². The molecule has 1 N–H and O–H groups in total. The van der Waals surface area contributed by atoms with E-state index in [0.717, 1.165) is 37.2 Å². The van der Waals surface area contributed by atoms with Gasteiger partial charge in [0.2, 0.25) is 0 Å². The molecule has 0 saturated heterocycles. The molecule has 0 bridgehead atoms. The Labute approximate surface area is 126 Å². The number of ether oxygens (including phenoxy) is 2. The van der Waals surface area contributed by atoms with E-state index in [2.05, 4.69) is 18.8 Å². The molecule has 1 heterocycles. The van der Waals surface area contributed by atoms with Crippen molar-refractivity contribution in [3.05, 3.63) is 42.2 Å². The van der Waals surface area contributed by atoms with E-state index < -0.39 is 0 Å². The second-order valence-electron chi connectivity index (χ2n) is 5.93. The summed E-state index contributed by atoms with van der Waals surface area (Å²) < 4.78 is 24.2. The monoisotopic (exact) mass is 293 g/mol. The van der Waals surface area contributed by atoms with Gasteiger partial charge in [0.15, 0.2) is 0 Å². The van der Waals surface area contributed by atoms with Gasteiger partial charge in [0, 0.05) is 37.6 Å². The van der Waals surface area contributed by atoms with Gasteiger partial charge in [0.1, 0.15) is 17.7 Å². The number of hydrogen-bond acceptors (Lipinski definition) is 3. The van der Waals surface area contributed by atoms with Crippen LogP contribution in [0.3, 0.4) is 0 Å². The molecule has 4 heteroatoms. The van der Waals surface area contributed by atoms with Crippen molar-refractivity contribution in [1.29, 1.82) is 0 Å². The van der Waals surface area contributed by atoms with Gasteiger partial charge in [0.05, 0.1) is 6.61 Å². The van der Waals surface area contributed by atoms with E-state index >= 15 is 0 Å². The maximum Gasteiger partial charge on any atom is 0.123 e. The van der Waals surface area contributed by atoms with Crippen molar-refractivity contribution in [2.45, 2.75) is 25.9 Å². The fourth-order valence-corrected chi connectivity index (χ4v) is 2.70. The lowest BCUT2D eigenvalue weighted by Gasteiger charge is -2.29. The zero-order chi connectivity index (χ0) is 15.3. The first-order valence-corrected chi connectivity index (χ1v) is 7.34. The van der Waals surface area contributed by atoms with Gasteiger partial charge >= 0.3 is 0 Å². The summed E-state index contributed by atoms with van der Waals surface area (Å²) in [4.78, 5) is 0. The molecule has 1 aromatic carbocycles. The van der Waals surface area contributed by atoms with Crippen LogP contribution in [0.2, 0.25) is 0 Å². The number of nitrogens with one attached hydrogen (secondary N) is 1. The van der Waals surface area contributed by atoms with E-state index in [4.69, 9.17) is 9.47 Å². The molecule has 1 aliphatic rings. The Morgan fingerprint density at radius 3 is 3.10 bits per heavy atom. The average molecular weight is 293 g/mol. The van der Waals surface area contributed by atoms with Crippen LogP contribution in [-0.4, -0.2) is 32.9 Å². The molecule has 0 aliphatic carbocycles. The summed E-state index contributed by atoms with van der Waals surface area (Å²) in [5, 5.41) is 3.37. The second-order valence-corrected chi connectivity index (χ2v) is 5.93. The van der Waals surface area contributed by atoms with E-state index in [-0.39, 0.29) is 17.3 Å². The Bertz CT molecular complexity index is 492. The van der Waals surface area contributed by atoms with Gasteiger partial charge in [-0.25, -0.2) is 4.39 Å². The molecule has 2 unspecified atom stereocenters. The van der Waals surface area contributed by atoms with Crippen molar-refractivity contribution < 1.29 is 13.9 Å². The van der Waals surface area contributed by atoms with Crippen LogP contribution in [0.15, 0.2) is 30.9 Å². The molecule has 0 spiro atoms. The number of benzene rings is 1. The minimum absolute atomic E-state index is 0.0566. The number of hydrogen-bond donors (Lipinski definition) is 1. The highest BCUT2D eigenvalue weighted by molar-refractivity contribution is 5.38. The van der Waals surface area contributed by atoms with Crippen LogP contribution in [0.5, 0.6) is 5.75 Å². The van der Waals surface area contributed by atoms with Crippen LogP contribution in [0, 0.1) is 11.2 Å². The molecule has 0 aromatic heterocycles. The molecule has 116 valence electrons. The molecule has 2 rings (SSSR count). The first kappa shape index (κ1) is 16.0. The van der Waals surface area contributed by atoms with Crippen molar-refractivity contribution in [2.24, 2.45) is 5.41 Å². The lowest BCUT2D eigenvalue weighted by Crippen LogP contribution is -2.36. The third kappa shape index (κ3) is 4.29. The Morgan fingerprint density at radius 2 is 2.38 bits per heavy atom. The quantitative estimate of drug-likeness (QED) is 0.590. The van der Waals surface area contributed by atoms with Crippen LogP contribution in [0.4, 0.5) is 4.39 Å². The van der Waals surface area contributed by atoms with Crippen LogP contribution in [0.1, 0.15) is 18.9 Å². The second kappa shape index (κ2) is 7.05. The third-order valence-electron chi connectivity index (χ3n) is 3.96. The minimum Gasteiger partial charge on any atom is -0.490 e. The summed E-state index contributed by atoms with van der Waals surface area (Å²) in [6.45, 7) is 8.44. The molecular weight excluding hydrogens is 269 g/mol. The van der Waals surface area contributed by atoms with Gasteiger partial charge in [-0.15, -0.1) is 6.58 Å². The Balaban J connectivity index is 1.90. The molecule has 1 aliphatic heterocycles. The maximum atomic E-state index is 13.2. The third-order valence-corrected chi connectivity index (χ3v) is 3.96. The van der Waals surface area contributed by atoms with E-state index in [1.165, 1.54) is 6.07 Å². The number of fused-ring (bicyclic) bond motifs is 1. The van der Waals surface area contributed by atoms with E-state index in [9.17, 15) is 4.39 Å². The highest BCUT2D eigenvalue weighted by atomic mass is 19.1.